The monoisotopic (exact) mass is 388 g/mol. The van der Waals surface area contributed by atoms with Gasteiger partial charge in [0.1, 0.15) is 6.61 Å². The van der Waals surface area contributed by atoms with Crippen molar-refractivity contribution in [3.8, 4) is 6.07 Å². The Bertz CT molecular complexity index is 933. The highest BCUT2D eigenvalue weighted by Crippen LogP contribution is 2.13. The van der Waals surface area contributed by atoms with Crippen molar-refractivity contribution in [3.63, 3.8) is 0 Å². The lowest BCUT2D eigenvalue weighted by Gasteiger charge is -2.13. The molecule has 0 aliphatic carbocycles. The number of nitrogens with one attached hydrogen (secondary N) is 1. The van der Waals surface area contributed by atoms with Gasteiger partial charge in [0.25, 0.3) is 0 Å². The first kappa shape index (κ1) is 20.6. The molecule has 0 saturated heterocycles. The first-order valence-corrected chi connectivity index (χ1v) is 9.61. The summed E-state index contributed by atoms with van der Waals surface area (Å²) in [7, 11) is -2.21. The van der Waals surface area contributed by atoms with Gasteiger partial charge >= 0.3 is 5.97 Å². The fourth-order valence-electron chi connectivity index (χ4n) is 2.35. The molecular weight excluding hydrogens is 368 g/mol. The van der Waals surface area contributed by atoms with Crippen molar-refractivity contribution in [2.45, 2.75) is 24.5 Å². The van der Waals surface area contributed by atoms with E-state index >= 15 is 0 Å². The molecule has 0 fully saturated rings. The predicted octanol–water partition coefficient (Wildman–Crippen LogP) is 2.23. The minimum absolute atomic E-state index is 0.0183. The Morgan fingerprint density at radius 3 is 2.56 bits per heavy atom. The third-order valence-corrected chi connectivity index (χ3v) is 5.20. The Morgan fingerprint density at radius 2 is 1.93 bits per heavy atom. The Labute approximate surface area is 158 Å². The molecule has 7 nitrogen and oxygen atoms in total. The summed E-state index contributed by atoms with van der Waals surface area (Å²) < 4.78 is 37.1. The number of nitrogens with zero attached hydrogens (tertiary/aromatic N) is 1. The number of ether oxygens (including phenoxy) is 2. The minimum Gasteiger partial charge on any atom is -0.457 e. The maximum Gasteiger partial charge on any atom is 0.338 e. The van der Waals surface area contributed by atoms with E-state index in [2.05, 4.69) is 4.72 Å². The van der Waals surface area contributed by atoms with Crippen LogP contribution in [0.3, 0.4) is 0 Å². The number of methoxy groups -OCH3 is 1. The van der Waals surface area contributed by atoms with Gasteiger partial charge in [0.2, 0.25) is 10.0 Å². The number of rotatable bonds is 8. The number of esters is 1. The summed E-state index contributed by atoms with van der Waals surface area (Å²) in [5.74, 6) is -0.581. The summed E-state index contributed by atoms with van der Waals surface area (Å²) >= 11 is 0. The van der Waals surface area contributed by atoms with Crippen LogP contribution in [0.1, 0.15) is 28.4 Å². The lowest BCUT2D eigenvalue weighted by atomic mass is 10.1. The molecule has 0 saturated carbocycles. The van der Waals surface area contributed by atoms with Crippen LogP contribution in [0.4, 0.5) is 0 Å². The Kier molecular flexibility index (Phi) is 7.07. The molecule has 0 aliphatic rings. The topological polar surface area (TPSA) is 105 Å². The lowest BCUT2D eigenvalue weighted by Crippen LogP contribution is -2.35. The highest BCUT2D eigenvalue weighted by Gasteiger charge is 2.18. The van der Waals surface area contributed by atoms with Gasteiger partial charge in [-0.05, 0) is 48.9 Å². The zero-order valence-corrected chi connectivity index (χ0v) is 15.8. The second-order valence-corrected chi connectivity index (χ2v) is 7.60. The van der Waals surface area contributed by atoms with Gasteiger partial charge in [-0.15, -0.1) is 0 Å². The van der Waals surface area contributed by atoms with E-state index in [1.54, 1.807) is 31.2 Å². The van der Waals surface area contributed by atoms with Crippen LogP contribution in [0, 0.1) is 11.3 Å². The minimum atomic E-state index is -3.70. The standard InChI is InChI=1S/C19H20N2O5S/c1-14(12-25-2)21-27(23,24)18-8-6-17(7-9-18)19(22)26-13-16-5-3-4-15(10-16)11-20/h3-10,14,21H,12-13H2,1-2H3/t14-/m1/s1. The second kappa shape index (κ2) is 9.28. The number of hydrogen-bond donors (Lipinski definition) is 1. The molecule has 0 radical (unpaired) electrons. The van der Waals surface area contributed by atoms with E-state index in [0.717, 1.165) is 0 Å². The average molecular weight is 388 g/mol. The highest BCUT2D eigenvalue weighted by atomic mass is 32.2. The van der Waals surface area contributed by atoms with Crippen LogP contribution in [0.25, 0.3) is 0 Å². The smallest absolute Gasteiger partial charge is 0.338 e. The molecule has 142 valence electrons. The van der Waals surface area contributed by atoms with Crippen LogP contribution in [0.15, 0.2) is 53.4 Å². The van der Waals surface area contributed by atoms with Gasteiger partial charge in [-0.2, -0.15) is 5.26 Å². The Hall–Kier alpha value is -2.73. The molecule has 8 heteroatoms. The quantitative estimate of drug-likeness (QED) is 0.695. The predicted molar refractivity (Wildman–Crippen MR) is 98.4 cm³/mol. The molecule has 0 aromatic heterocycles. The Balaban J connectivity index is 2.01. The van der Waals surface area contributed by atoms with E-state index < -0.39 is 16.0 Å². The molecule has 1 atom stereocenters. The van der Waals surface area contributed by atoms with Gasteiger partial charge < -0.3 is 9.47 Å². The van der Waals surface area contributed by atoms with Crippen molar-refractivity contribution in [1.29, 1.82) is 5.26 Å². The highest BCUT2D eigenvalue weighted by molar-refractivity contribution is 7.89. The molecular formula is C19H20N2O5S. The normalized spacial score (nSPS) is 12.2. The van der Waals surface area contributed by atoms with Crippen molar-refractivity contribution in [2.24, 2.45) is 0 Å². The summed E-state index contributed by atoms with van der Waals surface area (Å²) in [5.41, 5.74) is 1.40. The molecule has 2 aromatic rings. The summed E-state index contributed by atoms with van der Waals surface area (Å²) in [5, 5.41) is 8.87. The number of benzene rings is 2. The third-order valence-electron chi connectivity index (χ3n) is 3.60. The van der Waals surface area contributed by atoms with Crippen molar-refractivity contribution in [1.82, 2.24) is 4.72 Å². The maximum absolute atomic E-state index is 12.3. The van der Waals surface area contributed by atoms with Crippen molar-refractivity contribution in [3.05, 3.63) is 65.2 Å². The number of sulfonamides is 1. The van der Waals surface area contributed by atoms with Crippen LogP contribution >= 0.6 is 0 Å². The maximum atomic E-state index is 12.3. The van der Waals surface area contributed by atoms with Gasteiger partial charge in [0, 0.05) is 13.2 Å². The van der Waals surface area contributed by atoms with Crippen molar-refractivity contribution < 1.29 is 22.7 Å². The van der Waals surface area contributed by atoms with E-state index in [0.29, 0.717) is 11.1 Å². The molecule has 1 N–H and O–H groups in total. The Morgan fingerprint density at radius 1 is 1.22 bits per heavy atom. The van der Waals surface area contributed by atoms with Crippen LogP contribution < -0.4 is 4.72 Å². The lowest BCUT2D eigenvalue weighted by molar-refractivity contribution is 0.0472. The summed E-state index contributed by atoms with van der Waals surface area (Å²) in [4.78, 5) is 12.2. The van der Waals surface area contributed by atoms with Gasteiger partial charge in [-0.25, -0.2) is 17.9 Å². The summed E-state index contributed by atoms with van der Waals surface area (Å²) in [6, 6.07) is 13.9. The molecule has 0 heterocycles. The summed E-state index contributed by atoms with van der Waals surface area (Å²) in [6.07, 6.45) is 0. The number of hydrogen-bond acceptors (Lipinski definition) is 6. The van der Waals surface area contributed by atoms with E-state index in [-0.39, 0.29) is 29.7 Å². The van der Waals surface area contributed by atoms with Crippen molar-refractivity contribution >= 4 is 16.0 Å². The number of carbonyl (C=O) groups excluding carboxylic acids is 1. The first-order chi connectivity index (χ1) is 12.9. The van der Waals surface area contributed by atoms with E-state index in [1.165, 1.54) is 31.4 Å². The largest absolute Gasteiger partial charge is 0.457 e. The first-order valence-electron chi connectivity index (χ1n) is 8.13. The van der Waals surface area contributed by atoms with Crippen LogP contribution in [-0.2, 0) is 26.1 Å². The zero-order chi connectivity index (χ0) is 19.9. The van der Waals surface area contributed by atoms with Crippen LogP contribution in [-0.4, -0.2) is 34.1 Å². The number of carbonyl (C=O) groups is 1. The van der Waals surface area contributed by atoms with Gasteiger partial charge in [-0.3, -0.25) is 0 Å². The van der Waals surface area contributed by atoms with Gasteiger partial charge in [0.05, 0.1) is 28.7 Å². The van der Waals surface area contributed by atoms with Crippen molar-refractivity contribution in [2.75, 3.05) is 13.7 Å². The van der Waals surface area contributed by atoms with E-state index in [9.17, 15) is 13.2 Å². The molecule has 27 heavy (non-hydrogen) atoms. The fraction of sp³-hybridized carbons (Fsp3) is 0.263. The summed E-state index contributed by atoms with van der Waals surface area (Å²) in [6.45, 7) is 1.95. The number of nitriles is 1. The van der Waals surface area contributed by atoms with Gasteiger partial charge in [0.15, 0.2) is 0 Å². The molecule has 0 amide bonds. The van der Waals surface area contributed by atoms with Crippen LogP contribution in [0.2, 0.25) is 0 Å². The van der Waals surface area contributed by atoms with E-state index in [4.69, 9.17) is 14.7 Å². The molecule has 0 aliphatic heterocycles. The fourth-order valence-corrected chi connectivity index (χ4v) is 3.58. The molecule has 2 aromatic carbocycles. The molecule has 0 bridgehead atoms. The van der Waals surface area contributed by atoms with E-state index in [1.807, 2.05) is 6.07 Å². The van der Waals surface area contributed by atoms with Gasteiger partial charge in [-0.1, -0.05) is 12.1 Å². The third kappa shape index (κ3) is 5.89. The zero-order valence-electron chi connectivity index (χ0n) is 15.0. The second-order valence-electron chi connectivity index (χ2n) is 5.89. The molecule has 0 spiro atoms. The average Bonchev–Trinajstić information content (AvgIpc) is 2.66. The molecule has 0 unspecified atom stereocenters. The van der Waals surface area contributed by atoms with Crippen LogP contribution in [0.5, 0.6) is 0 Å². The molecule has 2 rings (SSSR count). The SMILES string of the molecule is COC[C@@H](C)NS(=O)(=O)c1ccc(C(=O)OCc2cccc(C#N)c2)cc1.